The molecule has 3 unspecified atom stereocenters. The van der Waals surface area contributed by atoms with Gasteiger partial charge in [0, 0.05) is 5.41 Å². The molecule has 0 aromatic heterocycles. The molecule has 0 aliphatic heterocycles. The summed E-state index contributed by atoms with van der Waals surface area (Å²) in [5.41, 5.74) is 1.20. The number of aliphatic hydroxyl groups is 1. The summed E-state index contributed by atoms with van der Waals surface area (Å²) >= 11 is 0. The highest BCUT2D eigenvalue weighted by atomic mass is 16.4. The molecule has 4 rings (SSSR count). The molecular weight excluding hydrogens is 315 g/mol. The Morgan fingerprint density at radius 2 is 1.96 bits per heavy atom. The van der Waals surface area contributed by atoms with Gasteiger partial charge in [-0.15, -0.1) is 6.58 Å². The summed E-state index contributed by atoms with van der Waals surface area (Å²) in [6.07, 6.45) is 5.29. The molecule has 134 valence electrons. The zero-order chi connectivity index (χ0) is 18.0. The summed E-state index contributed by atoms with van der Waals surface area (Å²) in [5.74, 6) is 1.65. The molecule has 0 spiro atoms. The van der Waals surface area contributed by atoms with Gasteiger partial charge in [0.2, 0.25) is 0 Å². The Balaban J connectivity index is 1.69. The van der Waals surface area contributed by atoms with Crippen LogP contribution in [0.25, 0.3) is 0 Å². The molecule has 0 amide bonds. The van der Waals surface area contributed by atoms with Crippen molar-refractivity contribution in [3.8, 4) is 5.75 Å². The van der Waals surface area contributed by atoms with Gasteiger partial charge in [-0.2, -0.15) is 0 Å². The van der Waals surface area contributed by atoms with Crippen molar-refractivity contribution in [2.45, 2.75) is 57.0 Å². The van der Waals surface area contributed by atoms with Crippen LogP contribution in [0.1, 0.15) is 56.1 Å². The van der Waals surface area contributed by atoms with Crippen molar-refractivity contribution < 1.29 is 20.3 Å². The normalized spacial score (nSPS) is 39.3. The molecule has 2 saturated carbocycles. The second-order valence-electron chi connectivity index (χ2n) is 8.55. The van der Waals surface area contributed by atoms with E-state index in [1.54, 1.807) is 6.07 Å². The van der Waals surface area contributed by atoms with E-state index in [1.807, 2.05) is 6.07 Å². The highest BCUT2D eigenvalue weighted by molar-refractivity contribution is 6.51. The SMILES string of the molecule is C=C(B(O)O)[C@]1(O)CCC2C3CCc4cc(O)ccc4C3CC[C@@]21C. The van der Waals surface area contributed by atoms with Crippen LogP contribution in [0.2, 0.25) is 0 Å². The van der Waals surface area contributed by atoms with Gasteiger partial charge in [0.1, 0.15) is 5.75 Å². The van der Waals surface area contributed by atoms with Gasteiger partial charge in [-0.3, -0.25) is 0 Å². The summed E-state index contributed by atoms with van der Waals surface area (Å²) in [6, 6.07) is 5.75. The Labute approximate surface area is 149 Å². The van der Waals surface area contributed by atoms with Crippen molar-refractivity contribution in [2.24, 2.45) is 17.3 Å². The molecule has 0 heterocycles. The van der Waals surface area contributed by atoms with Gasteiger partial charge in [-0.05, 0) is 85.0 Å². The van der Waals surface area contributed by atoms with Crippen molar-refractivity contribution in [2.75, 3.05) is 0 Å². The first-order chi connectivity index (χ1) is 11.8. The Morgan fingerprint density at radius 3 is 2.68 bits per heavy atom. The maximum Gasteiger partial charge on any atom is 0.486 e. The first kappa shape index (κ1) is 17.1. The molecule has 4 nitrogen and oxygen atoms in total. The van der Waals surface area contributed by atoms with Gasteiger partial charge in [0.05, 0.1) is 5.60 Å². The van der Waals surface area contributed by atoms with Crippen LogP contribution in [0, 0.1) is 17.3 Å². The van der Waals surface area contributed by atoms with Crippen molar-refractivity contribution >= 4 is 7.12 Å². The number of hydrogen-bond donors (Lipinski definition) is 4. The second kappa shape index (κ2) is 5.60. The smallest absolute Gasteiger partial charge is 0.486 e. The number of phenolic OH excluding ortho intramolecular Hbond substituents is 1. The van der Waals surface area contributed by atoms with Crippen molar-refractivity contribution in [3.63, 3.8) is 0 Å². The molecule has 5 atom stereocenters. The summed E-state index contributed by atoms with van der Waals surface area (Å²) in [7, 11) is -1.67. The van der Waals surface area contributed by atoms with Crippen molar-refractivity contribution in [3.05, 3.63) is 41.4 Å². The first-order valence-electron chi connectivity index (χ1n) is 9.37. The van der Waals surface area contributed by atoms with Crippen LogP contribution in [0.15, 0.2) is 30.3 Å². The van der Waals surface area contributed by atoms with Gasteiger partial charge < -0.3 is 20.3 Å². The lowest BCUT2D eigenvalue weighted by atomic mass is 9.50. The van der Waals surface area contributed by atoms with Crippen LogP contribution in [-0.4, -0.2) is 33.0 Å². The summed E-state index contributed by atoms with van der Waals surface area (Å²) in [5, 5.41) is 40.3. The maximum atomic E-state index is 11.4. The number of fused-ring (bicyclic) bond motifs is 5. The van der Waals surface area contributed by atoms with E-state index in [-0.39, 0.29) is 10.9 Å². The Kier molecular flexibility index (Phi) is 3.84. The first-order valence-corrected chi connectivity index (χ1v) is 9.37. The molecule has 3 aliphatic rings. The Hall–Kier alpha value is -1.30. The highest BCUT2D eigenvalue weighted by Crippen LogP contribution is 2.65. The van der Waals surface area contributed by atoms with E-state index in [0.29, 0.717) is 29.9 Å². The van der Waals surface area contributed by atoms with Crippen LogP contribution in [-0.2, 0) is 6.42 Å². The number of rotatable bonds is 2. The lowest BCUT2D eigenvalue weighted by Crippen LogP contribution is -2.53. The molecule has 3 aliphatic carbocycles. The van der Waals surface area contributed by atoms with Crippen molar-refractivity contribution in [1.82, 2.24) is 0 Å². The fourth-order valence-corrected chi connectivity index (χ4v) is 6.33. The van der Waals surface area contributed by atoms with Gasteiger partial charge >= 0.3 is 7.12 Å². The van der Waals surface area contributed by atoms with Gasteiger partial charge in [-0.25, -0.2) is 0 Å². The fraction of sp³-hybridized carbons (Fsp3) is 0.600. The van der Waals surface area contributed by atoms with E-state index >= 15 is 0 Å². The lowest BCUT2D eigenvalue weighted by Gasteiger charge is -2.53. The van der Waals surface area contributed by atoms with Crippen LogP contribution < -0.4 is 0 Å². The topological polar surface area (TPSA) is 80.9 Å². The van der Waals surface area contributed by atoms with Crippen LogP contribution in [0.5, 0.6) is 5.75 Å². The third-order valence-corrected chi connectivity index (χ3v) is 7.70. The van der Waals surface area contributed by atoms with E-state index in [9.17, 15) is 20.3 Å². The number of aromatic hydroxyl groups is 1. The standard InChI is InChI=1S/C20H27BO4/c1-12(21(24)25)20(23)10-8-18-17-5-3-13-11-14(22)4-6-15(13)16(17)7-9-19(18,20)2/h4,6,11,16-18,22-25H,1,3,5,7-10H2,2H3/t16?,17?,18?,19-,20+/m0/s1. The zero-order valence-corrected chi connectivity index (χ0v) is 14.8. The van der Waals surface area contributed by atoms with Crippen LogP contribution in [0.3, 0.4) is 0 Å². The second-order valence-corrected chi connectivity index (χ2v) is 8.55. The number of hydrogen-bond acceptors (Lipinski definition) is 4. The number of aryl methyl sites for hydroxylation is 1. The van der Waals surface area contributed by atoms with Gasteiger partial charge in [-0.1, -0.05) is 13.0 Å². The predicted octanol–water partition coefficient (Wildman–Crippen LogP) is 2.55. The largest absolute Gasteiger partial charge is 0.508 e. The van der Waals surface area contributed by atoms with Crippen LogP contribution >= 0.6 is 0 Å². The number of benzene rings is 1. The monoisotopic (exact) mass is 342 g/mol. The van der Waals surface area contributed by atoms with Gasteiger partial charge in [0.15, 0.2) is 0 Å². The van der Waals surface area contributed by atoms with E-state index < -0.39 is 12.7 Å². The predicted molar refractivity (Wildman–Crippen MR) is 97.0 cm³/mol. The minimum atomic E-state index is -1.67. The minimum absolute atomic E-state index is 0.150. The Morgan fingerprint density at radius 1 is 1.20 bits per heavy atom. The molecule has 5 heteroatoms. The fourth-order valence-electron chi connectivity index (χ4n) is 6.33. The molecular formula is C20H27BO4. The molecule has 0 bridgehead atoms. The summed E-state index contributed by atoms with van der Waals surface area (Å²) < 4.78 is 0. The molecule has 2 fully saturated rings. The highest BCUT2D eigenvalue weighted by Gasteiger charge is 2.63. The van der Waals surface area contributed by atoms with E-state index in [0.717, 1.165) is 32.1 Å². The van der Waals surface area contributed by atoms with Crippen molar-refractivity contribution in [1.29, 1.82) is 0 Å². The average molecular weight is 342 g/mol. The maximum absolute atomic E-state index is 11.4. The number of phenols is 1. The quantitative estimate of drug-likeness (QED) is 0.623. The van der Waals surface area contributed by atoms with E-state index in [4.69, 9.17) is 0 Å². The van der Waals surface area contributed by atoms with E-state index in [2.05, 4.69) is 19.6 Å². The molecule has 0 saturated heterocycles. The van der Waals surface area contributed by atoms with Gasteiger partial charge in [0.25, 0.3) is 0 Å². The minimum Gasteiger partial charge on any atom is -0.508 e. The molecule has 4 N–H and O–H groups in total. The lowest BCUT2D eigenvalue weighted by molar-refractivity contribution is -0.0756. The molecule has 1 aromatic carbocycles. The summed E-state index contributed by atoms with van der Waals surface area (Å²) in [4.78, 5) is 0. The Bertz CT molecular complexity index is 718. The third-order valence-electron chi connectivity index (χ3n) is 7.70. The summed E-state index contributed by atoms with van der Waals surface area (Å²) in [6.45, 7) is 5.93. The molecule has 25 heavy (non-hydrogen) atoms. The molecule has 1 aromatic rings. The molecule has 0 radical (unpaired) electrons. The zero-order valence-electron chi connectivity index (χ0n) is 14.8. The van der Waals surface area contributed by atoms with Crippen LogP contribution in [0.4, 0.5) is 0 Å². The average Bonchev–Trinajstić information content (AvgIpc) is 2.86. The van der Waals surface area contributed by atoms with E-state index in [1.165, 1.54) is 11.1 Å². The third kappa shape index (κ3) is 2.25.